The quantitative estimate of drug-likeness (QED) is 0.852. The molecular weight excluding hydrogens is 216 g/mol. The smallest absolute Gasteiger partial charge is 0.137 e. The van der Waals surface area contributed by atoms with Crippen molar-refractivity contribution in [1.29, 1.82) is 0 Å². The first-order valence-corrected chi connectivity index (χ1v) is 6.14. The van der Waals surface area contributed by atoms with Crippen molar-refractivity contribution in [2.75, 3.05) is 30.9 Å². The van der Waals surface area contributed by atoms with E-state index in [4.69, 9.17) is 10.5 Å². The van der Waals surface area contributed by atoms with Gasteiger partial charge in [0.05, 0.1) is 12.6 Å². The molecule has 0 aliphatic carbocycles. The van der Waals surface area contributed by atoms with E-state index in [-0.39, 0.29) is 0 Å². The van der Waals surface area contributed by atoms with Crippen LogP contribution in [0.2, 0.25) is 0 Å². The molecule has 0 amide bonds. The second-order valence-corrected chi connectivity index (χ2v) is 4.44. The highest BCUT2D eigenvalue weighted by molar-refractivity contribution is 5.56. The predicted octanol–water partition coefficient (Wildman–Crippen LogP) is 1.24. The third-order valence-electron chi connectivity index (χ3n) is 3.24. The van der Waals surface area contributed by atoms with Gasteiger partial charge in [-0.25, -0.2) is 9.97 Å². The van der Waals surface area contributed by atoms with E-state index in [1.807, 2.05) is 0 Å². The van der Waals surface area contributed by atoms with Crippen LogP contribution in [0.15, 0.2) is 6.33 Å². The Hall–Kier alpha value is -1.36. The lowest BCUT2D eigenvalue weighted by Gasteiger charge is -2.26. The SMILES string of the molecule is CCCc1c(N)ncnc1N(C)C1CCOC1. The minimum atomic E-state index is 0.403. The Labute approximate surface area is 102 Å². The molecule has 1 saturated heterocycles. The van der Waals surface area contributed by atoms with E-state index >= 15 is 0 Å². The minimum absolute atomic E-state index is 0.403. The standard InChI is InChI=1S/C12H20N4O/c1-3-4-10-11(13)14-8-15-12(10)16(2)9-5-6-17-7-9/h8-9H,3-7H2,1-2H3,(H2,13,14,15). The van der Waals surface area contributed by atoms with Crippen LogP contribution >= 0.6 is 0 Å². The van der Waals surface area contributed by atoms with Crippen molar-refractivity contribution in [3.63, 3.8) is 0 Å². The molecule has 1 atom stereocenters. The van der Waals surface area contributed by atoms with Crippen LogP contribution in [-0.4, -0.2) is 36.3 Å². The van der Waals surface area contributed by atoms with Gasteiger partial charge >= 0.3 is 0 Å². The fraction of sp³-hybridized carbons (Fsp3) is 0.667. The van der Waals surface area contributed by atoms with Crippen molar-refractivity contribution < 1.29 is 4.74 Å². The Balaban J connectivity index is 2.26. The lowest BCUT2D eigenvalue weighted by molar-refractivity contribution is 0.193. The fourth-order valence-corrected chi connectivity index (χ4v) is 2.21. The van der Waals surface area contributed by atoms with Gasteiger partial charge in [-0.2, -0.15) is 0 Å². The summed E-state index contributed by atoms with van der Waals surface area (Å²) in [4.78, 5) is 10.6. The van der Waals surface area contributed by atoms with Crippen LogP contribution in [0.25, 0.3) is 0 Å². The molecule has 5 nitrogen and oxygen atoms in total. The summed E-state index contributed by atoms with van der Waals surface area (Å²) in [6, 6.07) is 0.403. The van der Waals surface area contributed by atoms with Crippen LogP contribution in [0, 0.1) is 0 Å². The molecule has 0 bridgehead atoms. The molecule has 2 rings (SSSR count). The Bertz CT molecular complexity index is 377. The lowest BCUT2D eigenvalue weighted by atomic mass is 10.1. The van der Waals surface area contributed by atoms with E-state index in [1.165, 1.54) is 6.33 Å². The van der Waals surface area contributed by atoms with Gasteiger partial charge in [-0.05, 0) is 12.8 Å². The van der Waals surface area contributed by atoms with Crippen LogP contribution in [0.1, 0.15) is 25.3 Å². The van der Waals surface area contributed by atoms with Gasteiger partial charge in [0.2, 0.25) is 0 Å². The molecule has 0 aromatic carbocycles. The number of nitrogens with zero attached hydrogens (tertiary/aromatic N) is 3. The number of nitrogens with two attached hydrogens (primary N) is 1. The van der Waals surface area contributed by atoms with Gasteiger partial charge in [-0.1, -0.05) is 13.3 Å². The second-order valence-electron chi connectivity index (χ2n) is 4.44. The Morgan fingerprint density at radius 3 is 3.00 bits per heavy atom. The summed E-state index contributed by atoms with van der Waals surface area (Å²) in [7, 11) is 2.06. The molecule has 1 aromatic heterocycles. The molecule has 1 aliphatic heterocycles. The second kappa shape index (κ2) is 5.31. The third kappa shape index (κ3) is 2.49. The first kappa shape index (κ1) is 12.1. The molecule has 1 aromatic rings. The molecule has 0 spiro atoms. The summed E-state index contributed by atoms with van der Waals surface area (Å²) in [5.41, 5.74) is 6.99. The minimum Gasteiger partial charge on any atom is -0.383 e. The summed E-state index contributed by atoms with van der Waals surface area (Å²) >= 11 is 0. The Morgan fingerprint density at radius 2 is 2.35 bits per heavy atom. The number of hydrogen-bond acceptors (Lipinski definition) is 5. The molecule has 5 heteroatoms. The average molecular weight is 236 g/mol. The van der Waals surface area contributed by atoms with E-state index in [2.05, 4.69) is 28.8 Å². The topological polar surface area (TPSA) is 64.3 Å². The molecule has 0 radical (unpaired) electrons. The van der Waals surface area contributed by atoms with Crippen molar-refractivity contribution in [3.05, 3.63) is 11.9 Å². The Morgan fingerprint density at radius 1 is 1.53 bits per heavy atom. The zero-order valence-electron chi connectivity index (χ0n) is 10.5. The van der Waals surface area contributed by atoms with Gasteiger partial charge < -0.3 is 15.4 Å². The maximum Gasteiger partial charge on any atom is 0.137 e. The van der Waals surface area contributed by atoms with Crippen molar-refractivity contribution in [1.82, 2.24) is 9.97 Å². The van der Waals surface area contributed by atoms with Crippen molar-refractivity contribution in [2.24, 2.45) is 0 Å². The number of likely N-dealkylation sites (N-methyl/N-ethyl adjacent to an activating group) is 1. The summed E-state index contributed by atoms with van der Waals surface area (Å²) in [6.45, 7) is 3.74. The van der Waals surface area contributed by atoms with Gasteiger partial charge in [0.25, 0.3) is 0 Å². The summed E-state index contributed by atoms with van der Waals surface area (Å²) in [5.74, 6) is 1.55. The van der Waals surface area contributed by atoms with Crippen molar-refractivity contribution in [3.8, 4) is 0 Å². The molecule has 1 unspecified atom stereocenters. The average Bonchev–Trinajstić information content (AvgIpc) is 2.85. The number of aromatic nitrogens is 2. The third-order valence-corrected chi connectivity index (χ3v) is 3.24. The van der Waals surface area contributed by atoms with Gasteiger partial charge in [0.1, 0.15) is 18.0 Å². The molecule has 2 heterocycles. The number of anilines is 2. The summed E-state index contributed by atoms with van der Waals surface area (Å²) < 4.78 is 5.41. The zero-order chi connectivity index (χ0) is 12.3. The molecule has 2 N–H and O–H groups in total. The number of nitrogen functional groups attached to an aromatic ring is 1. The van der Waals surface area contributed by atoms with Crippen LogP contribution in [0.4, 0.5) is 11.6 Å². The van der Waals surface area contributed by atoms with E-state index < -0.39 is 0 Å². The van der Waals surface area contributed by atoms with Crippen molar-refractivity contribution in [2.45, 2.75) is 32.2 Å². The largest absolute Gasteiger partial charge is 0.383 e. The highest BCUT2D eigenvalue weighted by Gasteiger charge is 2.23. The number of rotatable bonds is 4. The van der Waals surface area contributed by atoms with Gasteiger partial charge in [-0.3, -0.25) is 0 Å². The molecule has 94 valence electrons. The first-order chi connectivity index (χ1) is 8.24. The molecule has 0 saturated carbocycles. The molecule has 1 aliphatic rings. The maximum absolute atomic E-state index is 5.93. The fourth-order valence-electron chi connectivity index (χ4n) is 2.21. The van der Waals surface area contributed by atoms with Crippen molar-refractivity contribution >= 4 is 11.6 Å². The maximum atomic E-state index is 5.93. The first-order valence-electron chi connectivity index (χ1n) is 6.14. The van der Waals surface area contributed by atoms with Crippen LogP contribution in [0.3, 0.4) is 0 Å². The van der Waals surface area contributed by atoms with Gasteiger partial charge in [0, 0.05) is 19.2 Å². The van der Waals surface area contributed by atoms with Crippen LogP contribution in [-0.2, 0) is 11.2 Å². The summed E-state index contributed by atoms with van der Waals surface area (Å²) in [6.07, 6.45) is 4.54. The number of ether oxygens (including phenoxy) is 1. The van der Waals surface area contributed by atoms with E-state index in [0.717, 1.165) is 43.9 Å². The van der Waals surface area contributed by atoms with Gasteiger partial charge in [0.15, 0.2) is 0 Å². The molecule has 17 heavy (non-hydrogen) atoms. The Kier molecular flexibility index (Phi) is 3.78. The van der Waals surface area contributed by atoms with Crippen LogP contribution in [0.5, 0.6) is 0 Å². The highest BCUT2D eigenvalue weighted by atomic mass is 16.5. The highest BCUT2D eigenvalue weighted by Crippen LogP contribution is 2.25. The normalized spacial score (nSPS) is 19.5. The van der Waals surface area contributed by atoms with Gasteiger partial charge in [-0.15, -0.1) is 0 Å². The molecular formula is C12H20N4O. The summed E-state index contributed by atoms with van der Waals surface area (Å²) in [5, 5.41) is 0. The number of hydrogen-bond donors (Lipinski definition) is 1. The van der Waals surface area contributed by atoms with E-state index in [9.17, 15) is 0 Å². The van der Waals surface area contributed by atoms with E-state index in [0.29, 0.717) is 11.9 Å². The predicted molar refractivity (Wildman–Crippen MR) is 68.1 cm³/mol. The van der Waals surface area contributed by atoms with E-state index in [1.54, 1.807) is 0 Å². The lowest BCUT2D eigenvalue weighted by Crippen LogP contribution is -2.33. The molecule has 1 fully saturated rings. The zero-order valence-corrected chi connectivity index (χ0v) is 10.5. The monoisotopic (exact) mass is 236 g/mol. The van der Waals surface area contributed by atoms with Crippen LogP contribution < -0.4 is 10.6 Å².